The fourth-order valence-corrected chi connectivity index (χ4v) is 8.78. The third-order valence-corrected chi connectivity index (χ3v) is 11.6. The predicted octanol–water partition coefficient (Wildman–Crippen LogP) is 1.23. The quantitative estimate of drug-likeness (QED) is 0.0855. The fourth-order valence-electron chi connectivity index (χ4n) is 8.78. The average molecular weight is 786 g/mol. The first-order chi connectivity index (χ1) is 26.7. The van der Waals surface area contributed by atoms with Crippen LogP contribution in [0.1, 0.15) is 83.8 Å². The van der Waals surface area contributed by atoms with Gasteiger partial charge < -0.3 is 49.6 Å². The van der Waals surface area contributed by atoms with Gasteiger partial charge in [-0.05, 0) is 77.0 Å². The van der Waals surface area contributed by atoms with E-state index in [0.29, 0.717) is 0 Å². The van der Waals surface area contributed by atoms with Crippen LogP contribution >= 0.6 is 0 Å². The summed E-state index contributed by atoms with van der Waals surface area (Å²) >= 11 is 0. The van der Waals surface area contributed by atoms with Crippen molar-refractivity contribution in [1.82, 2.24) is 15.7 Å². The van der Waals surface area contributed by atoms with Crippen LogP contribution in [0.4, 0.5) is 0 Å². The highest BCUT2D eigenvalue weighted by molar-refractivity contribution is 5.96. The Balaban J connectivity index is 1.17. The van der Waals surface area contributed by atoms with Crippen LogP contribution in [-0.4, -0.2) is 124 Å². The average Bonchev–Trinajstić information content (AvgIpc) is 4.09. The van der Waals surface area contributed by atoms with E-state index < -0.39 is 95.8 Å². The van der Waals surface area contributed by atoms with Gasteiger partial charge in [-0.3, -0.25) is 24.0 Å². The Kier molecular flexibility index (Phi) is 11.6. The van der Waals surface area contributed by atoms with Crippen LogP contribution < -0.4 is 10.6 Å². The first kappa shape index (κ1) is 40.6. The molecule has 1 aromatic carbocycles. The number of aliphatic hydroxyl groups is 3. The van der Waals surface area contributed by atoms with E-state index in [2.05, 4.69) is 10.6 Å². The van der Waals surface area contributed by atoms with Gasteiger partial charge in [0, 0.05) is 24.7 Å². The Hall–Kier alpha value is -3.64. The predicted molar refractivity (Wildman–Crippen MR) is 195 cm³/mol. The molecule has 0 radical (unpaired) electrons. The molecule has 9 atom stereocenters. The molecule has 0 spiro atoms. The monoisotopic (exact) mass is 785 g/mol. The Morgan fingerprint density at radius 3 is 2.39 bits per heavy atom. The van der Waals surface area contributed by atoms with Crippen molar-refractivity contribution in [2.24, 2.45) is 17.3 Å². The van der Waals surface area contributed by atoms with E-state index in [1.54, 1.807) is 26.8 Å². The zero-order valence-corrected chi connectivity index (χ0v) is 32.4. The van der Waals surface area contributed by atoms with Crippen molar-refractivity contribution in [3.8, 4) is 0 Å². The molecule has 3 saturated carbocycles. The number of fused-ring (bicyclic) bond motifs is 4. The first-order valence-electron chi connectivity index (χ1n) is 19.8. The fraction of sp³-hybridized carbons (Fsp3) is 0.700. The lowest BCUT2D eigenvalue weighted by Gasteiger charge is -2.49. The third-order valence-electron chi connectivity index (χ3n) is 11.6. The lowest BCUT2D eigenvalue weighted by Crippen LogP contribution is -2.71. The zero-order chi connectivity index (χ0) is 40.0. The van der Waals surface area contributed by atoms with Gasteiger partial charge in [0.05, 0.1) is 38.2 Å². The molecule has 3 heterocycles. The SMILES string of the molecule is C[C@H](O)[C@@H](NC(=O)[C@@]12C[C@H]3OC(=O)[C@@H]1N(Cc1ccccc1C=COCCO)O[C@@H]2[C@H]1OC(C2CC2)(C2CC2)O[C@H]13)C(=O)N[C@H](CO)CCC(=O)OC(C)(C)C. The van der Waals surface area contributed by atoms with E-state index in [9.17, 15) is 29.4 Å². The Bertz CT molecular complexity index is 1660. The molecule has 56 heavy (non-hydrogen) atoms. The largest absolute Gasteiger partial charge is 0.499 e. The molecule has 2 bridgehead atoms. The van der Waals surface area contributed by atoms with Crippen molar-refractivity contribution in [3.05, 3.63) is 41.7 Å². The van der Waals surface area contributed by atoms with E-state index in [0.717, 1.165) is 36.8 Å². The highest BCUT2D eigenvalue weighted by atomic mass is 16.8. The number of ether oxygens (including phenoxy) is 5. The summed E-state index contributed by atoms with van der Waals surface area (Å²) < 4.78 is 30.5. The lowest BCUT2D eigenvalue weighted by molar-refractivity contribution is -0.235. The minimum Gasteiger partial charge on any atom is -0.499 e. The normalized spacial score (nSPS) is 30.9. The minimum atomic E-state index is -1.62. The molecule has 3 aliphatic carbocycles. The maximum Gasteiger partial charge on any atom is 0.327 e. The Morgan fingerprint density at radius 2 is 1.75 bits per heavy atom. The summed E-state index contributed by atoms with van der Waals surface area (Å²) in [5, 5.41) is 37.0. The molecule has 16 nitrogen and oxygen atoms in total. The zero-order valence-electron chi connectivity index (χ0n) is 32.4. The highest BCUT2D eigenvalue weighted by Gasteiger charge is 2.78. The van der Waals surface area contributed by atoms with Crippen molar-refractivity contribution in [1.29, 1.82) is 0 Å². The number of benzene rings is 1. The van der Waals surface area contributed by atoms with Crippen LogP contribution in [0.25, 0.3) is 6.08 Å². The van der Waals surface area contributed by atoms with Crippen molar-refractivity contribution >= 4 is 29.8 Å². The molecule has 16 heteroatoms. The number of hydrogen-bond acceptors (Lipinski definition) is 14. The van der Waals surface area contributed by atoms with Gasteiger partial charge in [-0.1, -0.05) is 24.3 Å². The van der Waals surface area contributed by atoms with Gasteiger partial charge in [0.25, 0.3) is 0 Å². The number of nitrogens with zero attached hydrogens (tertiary/aromatic N) is 1. The number of esters is 2. The molecular formula is C40H55N3O13. The van der Waals surface area contributed by atoms with E-state index in [1.807, 2.05) is 24.3 Å². The van der Waals surface area contributed by atoms with Gasteiger partial charge in [-0.25, -0.2) is 0 Å². The number of carbonyl (C=O) groups is 4. The molecule has 2 amide bonds. The topological polar surface area (TPSA) is 212 Å². The number of amides is 2. The van der Waals surface area contributed by atoms with Gasteiger partial charge in [0.15, 0.2) is 11.8 Å². The molecule has 7 rings (SSSR count). The Morgan fingerprint density at radius 1 is 1.05 bits per heavy atom. The molecule has 1 aromatic rings. The molecule has 6 fully saturated rings. The number of aliphatic hydroxyl groups excluding tert-OH is 3. The molecule has 3 saturated heterocycles. The number of nitrogens with one attached hydrogen (secondary N) is 2. The summed E-state index contributed by atoms with van der Waals surface area (Å²) in [7, 11) is 0. The summed E-state index contributed by atoms with van der Waals surface area (Å²) in [6.07, 6.45) is 2.24. The third kappa shape index (κ3) is 7.93. The molecule has 0 aromatic heterocycles. The van der Waals surface area contributed by atoms with E-state index in [4.69, 9.17) is 33.6 Å². The maximum absolute atomic E-state index is 15.0. The summed E-state index contributed by atoms with van der Waals surface area (Å²) in [5.74, 6) is -3.18. The number of hydrogen-bond donors (Lipinski definition) is 5. The molecule has 308 valence electrons. The van der Waals surface area contributed by atoms with E-state index >= 15 is 0 Å². The van der Waals surface area contributed by atoms with E-state index in [1.165, 1.54) is 18.2 Å². The molecule has 6 aliphatic rings. The summed E-state index contributed by atoms with van der Waals surface area (Å²) in [6, 6.07) is 3.76. The van der Waals surface area contributed by atoms with Gasteiger partial charge in [-0.2, -0.15) is 5.06 Å². The van der Waals surface area contributed by atoms with Crippen LogP contribution in [0.2, 0.25) is 0 Å². The summed E-state index contributed by atoms with van der Waals surface area (Å²) in [5.41, 5.74) is -0.834. The molecule has 5 N–H and O–H groups in total. The van der Waals surface area contributed by atoms with Gasteiger partial charge >= 0.3 is 11.9 Å². The highest BCUT2D eigenvalue weighted by Crippen LogP contribution is 2.63. The smallest absolute Gasteiger partial charge is 0.327 e. The van der Waals surface area contributed by atoms with Crippen LogP contribution in [0.15, 0.2) is 30.5 Å². The van der Waals surface area contributed by atoms with Crippen LogP contribution in [0.5, 0.6) is 0 Å². The number of rotatable bonds is 17. The van der Waals surface area contributed by atoms with Crippen molar-refractivity contribution in [2.45, 2.75) is 139 Å². The van der Waals surface area contributed by atoms with E-state index in [-0.39, 0.29) is 50.9 Å². The second-order valence-electron chi connectivity index (χ2n) is 17.0. The lowest BCUT2D eigenvalue weighted by atomic mass is 9.62. The maximum atomic E-state index is 15.0. The summed E-state index contributed by atoms with van der Waals surface area (Å²) in [4.78, 5) is 62.0. The van der Waals surface area contributed by atoms with Crippen LogP contribution in [0.3, 0.4) is 0 Å². The summed E-state index contributed by atoms with van der Waals surface area (Å²) in [6.45, 7) is 6.08. The molecule has 0 unspecified atom stereocenters. The van der Waals surface area contributed by atoms with Crippen molar-refractivity contribution < 1.29 is 63.0 Å². The standard InChI is InChI=1S/C40H55N3O13/c1-22(46)30(35(48)41-27(21-45)13-14-29(47)53-38(2,3)4)42-37(50)39-19-28-31-32(55-40(54-31,25-9-10-25)26-11-12-26)34(39)56-43(33(39)36(49)52-28)20-24-8-6-5-7-23(24)15-17-51-18-16-44/h5-8,15,17,22,25-28,30-34,44-46H,9-14,16,18-21H2,1-4H3,(H,41,48)(H,42,50)/t22-,27-,28+,30+,31-,32-,33-,34+,39-/m0/s1. The van der Waals surface area contributed by atoms with Crippen LogP contribution in [0, 0.1) is 17.3 Å². The number of hydroxylamine groups is 2. The van der Waals surface area contributed by atoms with Crippen molar-refractivity contribution in [3.63, 3.8) is 0 Å². The van der Waals surface area contributed by atoms with Gasteiger partial charge in [0.2, 0.25) is 11.8 Å². The minimum absolute atomic E-state index is 0.0200. The molecule has 3 aliphatic heterocycles. The Labute approximate surface area is 326 Å². The second-order valence-corrected chi connectivity index (χ2v) is 17.0. The van der Waals surface area contributed by atoms with Crippen LogP contribution in [-0.2, 0) is 54.2 Å². The van der Waals surface area contributed by atoms with Gasteiger partial charge in [0.1, 0.15) is 48.1 Å². The van der Waals surface area contributed by atoms with Gasteiger partial charge in [-0.15, -0.1) is 0 Å². The van der Waals surface area contributed by atoms with Crippen molar-refractivity contribution in [2.75, 3.05) is 19.8 Å². The molecular weight excluding hydrogens is 730 g/mol. The second kappa shape index (κ2) is 16.0. The first-order valence-corrected chi connectivity index (χ1v) is 19.8. The number of carbonyl (C=O) groups excluding carboxylic acids is 4.